The largest absolute Gasteiger partial charge is 0.497 e. The van der Waals surface area contributed by atoms with Gasteiger partial charge in [0.15, 0.2) is 10.6 Å². The summed E-state index contributed by atoms with van der Waals surface area (Å²) in [6.45, 7) is 2.98. The molecular formula is C20H27N5O3S. The molecule has 0 aliphatic carbocycles. The van der Waals surface area contributed by atoms with E-state index in [2.05, 4.69) is 22.4 Å². The van der Waals surface area contributed by atoms with Crippen LogP contribution < -0.4 is 10.1 Å². The van der Waals surface area contributed by atoms with Gasteiger partial charge in [0.2, 0.25) is 11.8 Å². The van der Waals surface area contributed by atoms with Gasteiger partial charge >= 0.3 is 0 Å². The van der Waals surface area contributed by atoms with Crippen molar-refractivity contribution >= 4 is 24.0 Å². The number of aromatic amines is 1. The molecule has 1 aromatic carbocycles. The predicted molar refractivity (Wildman–Crippen MR) is 111 cm³/mol. The van der Waals surface area contributed by atoms with Gasteiger partial charge in [-0.25, -0.2) is 0 Å². The van der Waals surface area contributed by atoms with Crippen LogP contribution in [-0.4, -0.2) is 45.1 Å². The predicted octanol–water partition coefficient (Wildman–Crippen LogP) is 2.49. The molecule has 156 valence electrons. The van der Waals surface area contributed by atoms with E-state index in [0.29, 0.717) is 17.1 Å². The number of hydrogen-bond acceptors (Lipinski definition) is 5. The molecule has 2 unspecified atom stereocenters. The third-order valence-electron chi connectivity index (χ3n) is 5.37. The molecule has 0 bridgehead atoms. The van der Waals surface area contributed by atoms with Crippen LogP contribution in [0.25, 0.3) is 0 Å². The summed E-state index contributed by atoms with van der Waals surface area (Å²) in [4.78, 5) is 27.6. The maximum absolute atomic E-state index is 13.0. The number of methoxy groups -OCH3 is 1. The highest BCUT2D eigenvalue weighted by Crippen LogP contribution is 2.39. The van der Waals surface area contributed by atoms with Gasteiger partial charge in [-0.05, 0) is 36.3 Å². The molecule has 2 aromatic rings. The summed E-state index contributed by atoms with van der Waals surface area (Å²) in [5.74, 6) is 0.770. The molecule has 8 nitrogen and oxygen atoms in total. The van der Waals surface area contributed by atoms with Crippen LogP contribution in [0.2, 0.25) is 0 Å². The highest BCUT2D eigenvalue weighted by Gasteiger charge is 2.44. The second kappa shape index (κ2) is 9.21. The minimum atomic E-state index is -0.458. The van der Waals surface area contributed by atoms with Crippen LogP contribution in [0.5, 0.6) is 5.75 Å². The first-order chi connectivity index (χ1) is 14.0. The third-order valence-corrected chi connectivity index (χ3v) is 5.74. The Morgan fingerprint density at radius 1 is 1.38 bits per heavy atom. The molecule has 0 radical (unpaired) electrons. The Morgan fingerprint density at radius 3 is 2.69 bits per heavy atom. The highest BCUT2D eigenvalue weighted by molar-refractivity contribution is 7.71. The standard InChI is InChI=1S/C20H27N5O3S/c1-4-5-10-25-17(26)11-15(18(25)13-6-8-14(28-3)9-7-13)19(27)21-12-16-22-23-20(29)24(16)2/h6-9,15,18H,4-5,10-12H2,1-3H3,(H,21,27)(H,23,29). The number of benzene rings is 1. The average Bonchev–Trinajstić information content (AvgIpc) is 3.23. The molecule has 9 heteroatoms. The molecule has 1 aliphatic rings. The molecule has 1 aromatic heterocycles. The summed E-state index contributed by atoms with van der Waals surface area (Å²) in [6, 6.07) is 7.29. The molecule has 3 rings (SSSR count). The lowest BCUT2D eigenvalue weighted by molar-refractivity contribution is -0.129. The molecule has 29 heavy (non-hydrogen) atoms. The first kappa shape index (κ1) is 21.0. The van der Waals surface area contributed by atoms with E-state index < -0.39 is 5.92 Å². The van der Waals surface area contributed by atoms with E-state index in [1.807, 2.05) is 29.2 Å². The minimum absolute atomic E-state index is 0.0117. The quantitative estimate of drug-likeness (QED) is 0.644. The minimum Gasteiger partial charge on any atom is -0.497 e. The third kappa shape index (κ3) is 4.50. The molecular weight excluding hydrogens is 390 g/mol. The van der Waals surface area contributed by atoms with E-state index in [-0.39, 0.29) is 30.8 Å². The number of carbonyl (C=O) groups is 2. The van der Waals surface area contributed by atoms with Crippen molar-refractivity contribution in [3.8, 4) is 5.75 Å². The number of unbranched alkanes of at least 4 members (excludes halogenated alkanes) is 1. The molecule has 2 heterocycles. The molecule has 1 aliphatic heterocycles. The number of ether oxygens (including phenoxy) is 1. The van der Waals surface area contributed by atoms with Gasteiger partial charge in [-0.1, -0.05) is 25.5 Å². The van der Waals surface area contributed by atoms with Crippen molar-refractivity contribution in [3.05, 3.63) is 40.4 Å². The summed E-state index contributed by atoms with van der Waals surface area (Å²) in [5, 5.41) is 9.75. The molecule has 2 atom stereocenters. The van der Waals surface area contributed by atoms with Crippen molar-refractivity contribution in [1.82, 2.24) is 25.0 Å². The van der Waals surface area contributed by atoms with Crippen LogP contribution in [0, 0.1) is 10.7 Å². The zero-order valence-corrected chi connectivity index (χ0v) is 17.8. The fourth-order valence-corrected chi connectivity index (χ4v) is 3.82. The van der Waals surface area contributed by atoms with E-state index in [1.165, 1.54) is 0 Å². The molecule has 1 saturated heterocycles. The van der Waals surface area contributed by atoms with Crippen molar-refractivity contribution in [2.45, 2.75) is 38.8 Å². The lowest BCUT2D eigenvalue weighted by Crippen LogP contribution is -2.36. The van der Waals surface area contributed by atoms with Crippen molar-refractivity contribution in [2.75, 3.05) is 13.7 Å². The number of amides is 2. The van der Waals surface area contributed by atoms with Crippen molar-refractivity contribution in [3.63, 3.8) is 0 Å². The smallest absolute Gasteiger partial charge is 0.226 e. The van der Waals surface area contributed by atoms with Crippen LogP contribution in [0.4, 0.5) is 0 Å². The van der Waals surface area contributed by atoms with E-state index in [9.17, 15) is 9.59 Å². The number of nitrogens with zero attached hydrogens (tertiary/aromatic N) is 3. The van der Waals surface area contributed by atoms with E-state index in [0.717, 1.165) is 24.2 Å². The molecule has 2 amide bonds. The van der Waals surface area contributed by atoms with Crippen molar-refractivity contribution in [2.24, 2.45) is 13.0 Å². The number of nitrogens with one attached hydrogen (secondary N) is 2. The summed E-state index contributed by atoms with van der Waals surface area (Å²) in [6.07, 6.45) is 2.08. The summed E-state index contributed by atoms with van der Waals surface area (Å²) in [7, 11) is 3.40. The highest BCUT2D eigenvalue weighted by atomic mass is 32.1. The van der Waals surface area contributed by atoms with Crippen molar-refractivity contribution < 1.29 is 14.3 Å². The first-order valence-corrected chi connectivity index (χ1v) is 10.2. The monoisotopic (exact) mass is 417 g/mol. The number of aromatic nitrogens is 3. The summed E-state index contributed by atoms with van der Waals surface area (Å²) >= 11 is 5.11. The number of rotatable bonds is 8. The zero-order valence-electron chi connectivity index (χ0n) is 17.0. The molecule has 1 fully saturated rings. The fourth-order valence-electron chi connectivity index (χ4n) is 3.67. The Bertz CT molecular complexity index is 921. The molecule has 2 N–H and O–H groups in total. The van der Waals surface area contributed by atoms with Crippen LogP contribution >= 0.6 is 12.2 Å². The van der Waals surface area contributed by atoms with Gasteiger partial charge in [0.25, 0.3) is 0 Å². The Kier molecular flexibility index (Phi) is 6.68. The van der Waals surface area contributed by atoms with E-state index in [4.69, 9.17) is 17.0 Å². The van der Waals surface area contributed by atoms with Gasteiger partial charge < -0.3 is 19.5 Å². The Hall–Kier alpha value is -2.68. The van der Waals surface area contributed by atoms with Crippen LogP contribution in [0.15, 0.2) is 24.3 Å². The average molecular weight is 418 g/mol. The topological polar surface area (TPSA) is 92.3 Å². The molecule has 0 spiro atoms. The number of carbonyl (C=O) groups excluding carboxylic acids is 2. The zero-order chi connectivity index (χ0) is 21.0. The van der Waals surface area contributed by atoms with Crippen molar-refractivity contribution in [1.29, 1.82) is 0 Å². The van der Waals surface area contributed by atoms with Gasteiger partial charge in [-0.3, -0.25) is 14.7 Å². The fraction of sp³-hybridized carbons (Fsp3) is 0.500. The summed E-state index contributed by atoms with van der Waals surface area (Å²) < 4.78 is 7.44. The Labute approximate surface area is 175 Å². The maximum Gasteiger partial charge on any atom is 0.226 e. The SMILES string of the molecule is CCCCN1C(=O)CC(C(=O)NCc2n[nH]c(=S)n2C)C1c1ccc(OC)cc1. The maximum atomic E-state index is 13.0. The lowest BCUT2D eigenvalue weighted by atomic mass is 9.92. The second-order valence-corrected chi connectivity index (χ2v) is 7.58. The first-order valence-electron chi connectivity index (χ1n) is 9.77. The number of likely N-dealkylation sites (tertiary alicyclic amines) is 1. The molecule has 0 saturated carbocycles. The van der Waals surface area contributed by atoms with Gasteiger partial charge in [-0.15, -0.1) is 0 Å². The van der Waals surface area contributed by atoms with Crippen LogP contribution in [0.1, 0.15) is 43.6 Å². The summed E-state index contributed by atoms with van der Waals surface area (Å²) in [5.41, 5.74) is 0.936. The van der Waals surface area contributed by atoms with Crippen LogP contribution in [-0.2, 0) is 23.2 Å². The lowest BCUT2D eigenvalue weighted by Gasteiger charge is -2.28. The normalized spacial score (nSPS) is 18.9. The number of H-pyrrole nitrogens is 1. The Morgan fingerprint density at radius 2 is 2.10 bits per heavy atom. The van der Waals surface area contributed by atoms with E-state index in [1.54, 1.807) is 18.7 Å². The van der Waals surface area contributed by atoms with Gasteiger partial charge in [0.1, 0.15) is 5.75 Å². The van der Waals surface area contributed by atoms with E-state index >= 15 is 0 Å². The van der Waals surface area contributed by atoms with Crippen LogP contribution in [0.3, 0.4) is 0 Å². The number of hydrogen-bond donors (Lipinski definition) is 2. The Balaban J connectivity index is 1.81. The van der Waals surface area contributed by atoms with Gasteiger partial charge in [-0.2, -0.15) is 5.10 Å². The van der Waals surface area contributed by atoms with Gasteiger partial charge in [0.05, 0.1) is 25.6 Å². The van der Waals surface area contributed by atoms with Gasteiger partial charge in [0, 0.05) is 20.0 Å². The second-order valence-electron chi connectivity index (χ2n) is 7.19.